The lowest BCUT2D eigenvalue weighted by atomic mass is 10.1. The summed E-state index contributed by atoms with van der Waals surface area (Å²) < 4.78 is 12.8. The van der Waals surface area contributed by atoms with Gasteiger partial charge in [0.15, 0.2) is 0 Å². The fourth-order valence-electron chi connectivity index (χ4n) is 1.77. The van der Waals surface area contributed by atoms with Gasteiger partial charge in [-0.25, -0.2) is 4.39 Å². The molecule has 0 aliphatic carbocycles. The van der Waals surface area contributed by atoms with Crippen LogP contribution < -0.4 is 10.7 Å². The van der Waals surface area contributed by atoms with Crippen molar-refractivity contribution in [2.75, 3.05) is 17.8 Å². The van der Waals surface area contributed by atoms with E-state index in [4.69, 9.17) is 11.6 Å². The van der Waals surface area contributed by atoms with Crippen LogP contribution in [0.1, 0.15) is 12.5 Å². The molecule has 2 N–H and O–H groups in total. The van der Waals surface area contributed by atoms with Gasteiger partial charge < -0.3 is 5.32 Å². The molecule has 0 unspecified atom stereocenters. The molecule has 3 nitrogen and oxygen atoms in total. The van der Waals surface area contributed by atoms with E-state index in [0.717, 1.165) is 22.6 Å². The van der Waals surface area contributed by atoms with E-state index in [1.165, 1.54) is 12.1 Å². The summed E-state index contributed by atoms with van der Waals surface area (Å²) in [4.78, 5) is 0. The van der Waals surface area contributed by atoms with E-state index in [9.17, 15) is 4.39 Å². The van der Waals surface area contributed by atoms with Crippen LogP contribution >= 0.6 is 11.6 Å². The number of hydrogen-bond donors (Lipinski definition) is 2. The summed E-state index contributed by atoms with van der Waals surface area (Å²) in [5, 5.41) is 8.03. The van der Waals surface area contributed by atoms with Crippen molar-refractivity contribution in [3.05, 3.63) is 58.9 Å². The molecule has 2 rings (SSSR count). The Hall–Kier alpha value is -2.07. The first kappa shape index (κ1) is 14.3. The van der Waals surface area contributed by atoms with Crippen LogP contribution in [0.2, 0.25) is 5.02 Å². The standard InChI is InChI=1S/C15H15ClFN3/c1-10(14-9-11(16)3-8-15(14)18-2)19-20-13-6-4-12(17)5-7-13/h3-9,18,20H,1-2H3/b19-10-. The molecular weight excluding hydrogens is 277 g/mol. The Bertz CT molecular complexity index is 624. The fraction of sp³-hybridized carbons (Fsp3) is 0.133. The summed E-state index contributed by atoms with van der Waals surface area (Å²) in [6, 6.07) is 11.6. The first-order chi connectivity index (χ1) is 9.60. The lowest BCUT2D eigenvalue weighted by molar-refractivity contribution is 0.628. The zero-order valence-corrected chi connectivity index (χ0v) is 12.0. The van der Waals surface area contributed by atoms with E-state index < -0.39 is 0 Å². The molecule has 0 aromatic heterocycles. The average Bonchev–Trinajstić information content (AvgIpc) is 2.46. The van der Waals surface area contributed by atoms with E-state index in [1.807, 2.05) is 32.2 Å². The molecule has 20 heavy (non-hydrogen) atoms. The Labute approximate surface area is 122 Å². The van der Waals surface area contributed by atoms with Crippen molar-refractivity contribution in [2.24, 2.45) is 5.10 Å². The molecule has 2 aromatic carbocycles. The Morgan fingerprint density at radius 2 is 1.85 bits per heavy atom. The van der Waals surface area contributed by atoms with Gasteiger partial charge in [-0.3, -0.25) is 5.43 Å². The molecule has 5 heteroatoms. The minimum atomic E-state index is -0.274. The summed E-state index contributed by atoms with van der Waals surface area (Å²) in [6.45, 7) is 1.88. The van der Waals surface area contributed by atoms with Crippen LogP contribution in [-0.2, 0) is 0 Å². The smallest absolute Gasteiger partial charge is 0.123 e. The topological polar surface area (TPSA) is 36.4 Å². The second-order valence-corrected chi connectivity index (χ2v) is 4.69. The highest BCUT2D eigenvalue weighted by atomic mass is 35.5. The fourth-order valence-corrected chi connectivity index (χ4v) is 1.94. The van der Waals surface area contributed by atoms with Crippen molar-refractivity contribution >= 4 is 28.7 Å². The predicted octanol–water partition coefficient (Wildman–Crippen LogP) is 4.36. The van der Waals surface area contributed by atoms with Gasteiger partial charge >= 0.3 is 0 Å². The quantitative estimate of drug-likeness (QED) is 0.649. The number of anilines is 2. The Kier molecular flexibility index (Phi) is 4.58. The van der Waals surface area contributed by atoms with Crippen LogP contribution in [0, 0.1) is 5.82 Å². The highest BCUT2D eigenvalue weighted by Gasteiger charge is 2.05. The molecule has 0 heterocycles. The van der Waals surface area contributed by atoms with Crippen LogP contribution in [-0.4, -0.2) is 12.8 Å². The number of halogens is 2. The van der Waals surface area contributed by atoms with Crippen molar-refractivity contribution in [1.29, 1.82) is 0 Å². The maximum atomic E-state index is 12.8. The van der Waals surface area contributed by atoms with Crippen molar-refractivity contribution < 1.29 is 4.39 Å². The van der Waals surface area contributed by atoms with E-state index in [2.05, 4.69) is 15.8 Å². The molecule has 0 amide bonds. The van der Waals surface area contributed by atoms with E-state index in [-0.39, 0.29) is 5.82 Å². The molecule has 0 atom stereocenters. The minimum absolute atomic E-state index is 0.274. The van der Waals surface area contributed by atoms with Crippen molar-refractivity contribution in [3.8, 4) is 0 Å². The number of nitrogens with one attached hydrogen (secondary N) is 2. The highest BCUT2D eigenvalue weighted by Crippen LogP contribution is 2.21. The van der Waals surface area contributed by atoms with E-state index >= 15 is 0 Å². The van der Waals surface area contributed by atoms with E-state index in [0.29, 0.717) is 5.02 Å². The van der Waals surface area contributed by atoms with Gasteiger partial charge in [0.2, 0.25) is 0 Å². The third kappa shape index (κ3) is 3.48. The third-order valence-corrected chi connectivity index (χ3v) is 3.07. The number of hydrogen-bond acceptors (Lipinski definition) is 3. The monoisotopic (exact) mass is 291 g/mol. The van der Waals surface area contributed by atoms with Gasteiger partial charge in [-0.1, -0.05) is 11.6 Å². The number of hydrazone groups is 1. The summed E-state index contributed by atoms with van der Waals surface area (Å²) in [5.41, 5.74) is 6.24. The van der Waals surface area contributed by atoms with Gasteiger partial charge in [0.25, 0.3) is 0 Å². The Morgan fingerprint density at radius 3 is 2.50 bits per heavy atom. The van der Waals surface area contributed by atoms with Crippen LogP contribution in [0.5, 0.6) is 0 Å². The first-order valence-electron chi connectivity index (χ1n) is 6.13. The molecule has 0 bridgehead atoms. The summed E-state index contributed by atoms with van der Waals surface area (Å²) >= 11 is 6.01. The third-order valence-electron chi connectivity index (χ3n) is 2.84. The minimum Gasteiger partial charge on any atom is -0.388 e. The average molecular weight is 292 g/mol. The molecular formula is C15H15ClFN3. The summed E-state index contributed by atoms with van der Waals surface area (Å²) in [6.07, 6.45) is 0. The second kappa shape index (κ2) is 6.39. The van der Waals surface area contributed by atoms with Crippen LogP contribution in [0.3, 0.4) is 0 Å². The van der Waals surface area contributed by atoms with Gasteiger partial charge in [-0.15, -0.1) is 0 Å². The zero-order chi connectivity index (χ0) is 14.5. The van der Waals surface area contributed by atoms with E-state index in [1.54, 1.807) is 12.1 Å². The van der Waals surface area contributed by atoms with Crippen LogP contribution in [0.25, 0.3) is 0 Å². The molecule has 0 fully saturated rings. The maximum Gasteiger partial charge on any atom is 0.123 e. The molecule has 0 aliphatic heterocycles. The van der Waals surface area contributed by atoms with Crippen molar-refractivity contribution in [2.45, 2.75) is 6.92 Å². The zero-order valence-electron chi connectivity index (χ0n) is 11.2. The van der Waals surface area contributed by atoms with Crippen molar-refractivity contribution in [3.63, 3.8) is 0 Å². The Balaban J connectivity index is 2.22. The molecule has 2 aromatic rings. The molecule has 0 saturated carbocycles. The number of benzene rings is 2. The molecule has 0 saturated heterocycles. The lowest BCUT2D eigenvalue weighted by Crippen LogP contribution is -2.04. The second-order valence-electron chi connectivity index (χ2n) is 4.26. The number of rotatable bonds is 4. The highest BCUT2D eigenvalue weighted by molar-refractivity contribution is 6.31. The maximum absolute atomic E-state index is 12.8. The lowest BCUT2D eigenvalue weighted by Gasteiger charge is -2.10. The van der Waals surface area contributed by atoms with Gasteiger partial charge in [0.05, 0.1) is 11.4 Å². The summed E-state index contributed by atoms with van der Waals surface area (Å²) in [5.74, 6) is -0.274. The van der Waals surface area contributed by atoms with Crippen LogP contribution in [0.15, 0.2) is 47.6 Å². The normalized spacial score (nSPS) is 11.3. The molecule has 0 radical (unpaired) electrons. The van der Waals surface area contributed by atoms with Crippen LogP contribution in [0.4, 0.5) is 15.8 Å². The molecule has 0 aliphatic rings. The SMILES string of the molecule is CNc1ccc(Cl)cc1/C(C)=N\Nc1ccc(F)cc1. The number of nitrogens with zero attached hydrogens (tertiary/aromatic N) is 1. The van der Waals surface area contributed by atoms with Crippen molar-refractivity contribution in [1.82, 2.24) is 0 Å². The molecule has 0 spiro atoms. The van der Waals surface area contributed by atoms with Gasteiger partial charge in [0.1, 0.15) is 5.82 Å². The Morgan fingerprint density at radius 1 is 1.15 bits per heavy atom. The van der Waals surface area contributed by atoms with Gasteiger partial charge in [-0.2, -0.15) is 5.10 Å². The summed E-state index contributed by atoms with van der Waals surface area (Å²) in [7, 11) is 1.84. The van der Waals surface area contributed by atoms with Gasteiger partial charge in [0, 0.05) is 23.3 Å². The largest absolute Gasteiger partial charge is 0.388 e. The van der Waals surface area contributed by atoms with Gasteiger partial charge in [-0.05, 0) is 49.4 Å². The molecule has 104 valence electrons. The first-order valence-corrected chi connectivity index (χ1v) is 6.51. The predicted molar refractivity (Wildman–Crippen MR) is 83.2 cm³/mol.